The third kappa shape index (κ3) is 4.93. The van der Waals surface area contributed by atoms with Gasteiger partial charge in [0.1, 0.15) is 12.4 Å². The van der Waals surface area contributed by atoms with Gasteiger partial charge >= 0.3 is 0 Å². The van der Waals surface area contributed by atoms with E-state index >= 15 is 0 Å². The fourth-order valence-corrected chi connectivity index (χ4v) is 4.59. The molecule has 1 amide bonds. The molecule has 0 aromatic heterocycles. The number of nitrogens with one attached hydrogen (secondary N) is 2. The predicted molar refractivity (Wildman–Crippen MR) is 130 cm³/mol. The van der Waals surface area contributed by atoms with E-state index in [9.17, 15) is 4.79 Å². The van der Waals surface area contributed by atoms with Crippen LogP contribution in [0.15, 0.2) is 71.6 Å². The molecule has 2 heterocycles. The van der Waals surface area contributed by atoms with E-state index in [1.807, 2.05) is 60.7 Å². The first-order chi connectivity index (χ1) is 16.2. The summed E-state index contributed by atoms with van der Waals surface area (Å²) in [4.78, 5) is 13.2. The van der Waals surface area contributed by atoms with Crippen LogP contribution in [0.2, 0.25) is 0 Å². The highest BCUT2D eigenvalue weighted by molar-refractivity contribution is 8.05. The van der Waals surface area contributed by atoms with Crippen LogP contribution in [-0.2, 0) is 17.8 Å². The molecule has 168 valence electrons. The first-order valence-corrected chi connectivity index (χ1v) is 11.7. The Morgan fingerprint density at radius 2 is 1.85 bits per heavy atom. The first-order valence-electron chi connectivity index (χ1n) is 10.8. The Labute approximate surface area is 196 Å². The summed E-state index contributed by atoms with van der Waals surface area (Å²) in [5.41, 5.74) is 3.86. The second-order valence-electron chi connectivity index (χ2n) is 7.69. The lowest BCUT2D eigenvalue weighted by molar-refractivity contribution is -0.116. The number of ether oxygens (including phenoxy) is 3. The van der Waals surface area contributed by atoms with Gasteiger partial charge in [-0.15, -0.1) is 0 Å². The molecule has 2 aliphatic rings. The monoisotopic (exact) mass is 460 g/mol. The number of thioether (sulfide) groups is 1. The molecular weight excluding hydrogens is 436 g/mol. The minimum absolute atomic E-state index is 0.103. The van der Waals surface area contributed by atoms with Crippen LogP contribution < -0.4 is 24.8 Å². The third-order valence-electron chi connectivity index (χ3n) is 5.43. The van der Waals surface area contributed by atoms with E-state index in [0.29, 0.717) is 17.3 Å². The minimum Gasteiger partial charge on any atom is -0.488 e. The molecule has 2 N–H and O–H groups in total. The van der Waals surface area contributed by atoms with Crippen molar-refractivity contribution in [3.8, 4) is 17.2 Å². The molecule has 33 heavy (non-hydrogen) atoms. The van der Waals surface area contributed by atoms with Crippen LogP contribution in [0.1, 0.15) is 23.6 Å². The van der Waals surface area contributed by atoms with Crippen LogP contribution in [0.25, 0.3) is 6.08 Å². The molecule has 0 spiro atoms. The molecule has 0 aliphatic carbocycles. The SMILES string of the molecule is CCc1ccc(N[C@H]2NC(=O)/C(=C/c3ccccc3OCc3ccc4c(c3)OCO4)S2)cc1. The van der Waals surface area contributed by atoms with Gasteiger partial charge in [0.25, 0.3) is 5.91 Å². The largest absolute Gasteiger partial charge is 0.488 e. The number of carbonyl (C=O) groups is 1. The molecule has 1 saturated heterocycles. The van der Waals surface area contributed by atoms with Gasteiger partial charge in [-0.05, 0) is 54.0 Å². The first kappa shape index (κ1) is 21.3. The highest BCUT2D eigenvalue weighted by Crippen LogP contribution is 2.34. The lowest BCUT2D eigenvalue weighted by Crippen LogP contribution is -2.30. The molecule has 0 radical (unpaired) electrons. The average Bonchev–Trinajstić information content (AvgIpc) is 3.44. The summed E-state index contributed by atoms with van der Waals surface area (Å²) >= 11 is 1.46. The summed E-state index contributed by atoms with van der Waals surface area (Å²) in [5, 5.41) is 6.34. The number of carbonyl (C=O) groups excluding carboxylic acids is 1. The molecule has 0 unspecified atom stereocenters. The number of anilines is 1. The number of hydrogen-bond donors (Lipinski definition) is 2. The van der Waals surface area contributed by atoms with Crippen LogP contribution in [0.4, 0.5) is 5.69 Å². The van der Waals surface area contributed by atoms with Crippen molar-refractivity contribution in [3.63, 3.8) is 0 Å². The van der Waals surface area contributed by atoms with Gasteiger partial charge in [0, 0.05) is 11.3 Å². The van der Waals surface area contributed by atoms with Gasteiger partial charge in [0.2, 0.25) is 6.79 Å². The summed E-state index contributed by atoms with van der Waals surface area (Å²) in [6, 6.07) is 21.7. The molecule has 5 rings (SSSR count). The zero-order chi connectivity index (χ0) is 22.6. The fourth-order valence-electron chi connectivity index (χ4n) is 3.62. The molecule has 3 aromatic rings. The maximum absolute atomic E-state index is 12.6. The van der Waals surface area contributed by atoms with Crippen LogP contribution in [0, 0.1) is 0 Å². The summed E-state index contributed by atoms with van der Waals surface area (Å²) in [6.07, 6.45) is 2.87. The number of fused-ring (bicyclic) bond motifs is 1. The van der Waals surface area contributed by atoms with Gasteiger partial charge in [-0.1, -0.05) is 55.1 Å². The Balaban J connectivity index is 1.26. The van der Waals surface area contributed by atoms with Gasteiger partial charge in [-0.2, -0.15) is 0 Å². The molecule has 2 aliphatic heterocycles. The van der Waals surface area contributed by atoms with Crippen molar-refractivity contribution in [1.29, 1.82) is 0 Å². The van der Waals surface area contributed by atoms with Crippen molar-refractivity contribution >= 4 is 29.4 Å². The smallest absolute Gasteiger partial charge is 0.260 e. The summed E-state index contributed by atoms with van der Waals surface area (Å²) < 4.78 is 16.9. The number of aryl methyl sites for hydroxylation is 1. The van der Waals surface area contributed by atoms with E-state index in [1.54, 1.807) is 0 Å². The van der Waals surface area contributed by atoms with Crippen molar-refractivity contribution in [2.75, 3.05) is 12.1 Å². The number of amides is 1. The summed E-state index contributed by atoms with van der Waals surface area (Å²) in [5.74, 6) is 2.09. The minimum atomic E-state index is -0.224. The van der Waals surface area contributed by atoms with Gasteiger partial charge in [0.05, 0.1) is 4.91 Å². The summed E-state index contributed by atoms with van der Waals surface area (Å²) in [6.45, 7) is 2.76. The molecule has 1 atom stereocenters. The van der Waals surface area contributed by atoms with Crippen LogP contribution >= 0.6 is 11.8 Å². The molecule has 0 bridgehead atoms. The number of benzene rings is 3. The van der Waals surface area contributed by atoms with Crippen molar-refractivity contribution in [1.82, 2.24) is 5.32 Å². The van der Waals surface area contributed by atoms with Gasteiger partial charge in [-0.25, -0.2) is 0 Å². The molecule has 3 aromatic carbocycles. The van der Waals surface area contributed by atoms with Gasteiger partial charge < -0.3 is 24.8 Å². The van der Waals surface area contributed by atoms with Gasteiger partial charge in [0.15, 0.2) is 17.0 Å². The van der Waals surface area contributed by atoms with Crippen molar-refractivity contribution in [2.45, 2.75) is 25.4 Å². The van der Waals surface area contributed by atoms with Crippen molar-refractivity contribution in [2.24, 2.45) is 0 Å². The molecule has 7 heteroatoms. The maximum atomic E-state index is 12.6. The quantitative estimate of drug-likeness (QED) is 0.475. The predicted octanol–water partition coefficient (Wildman–Crippen LogP) is 5.16. The Morgan fingerprint density at radius 3 is 2.70 bits per heavy atom. The Hall–Kier alpha value is -3.58. The number of para-hydroxylation sites is 1. The molecule has 6 nitrogen and oxygen atoms in total. The highest BCUT2D eigenvalue weighted by Gasteiger charge is 2.27. The second kappa shape index (κ2) is 9.50. The molecule has 1 fully saturated rings. The standard InChI is InChI=1S/C26H24N2O4S/c1-2-17-7-10-20(11-8-17)27-26-28-25(29)24(33-26)14-19-5-3-4-6-21(19)30-15-18-9-12-22-23(13-18)32-16-31-22/h3-14,26-27H,2,15-16H2,1H3,(H,28,29)/b24-14-/t26-/m0/s1. The van der Waals surface area contributed by atoms with Gasteiger partial charge in [-0.3, -0.25) is 4.79 Å². The lowest BCUT2D eigenvalue weighted by atomic mass is 10.1. The molecule has 0 saturated carbocycles. The van der Waals surface area contributed by atoms with Crippen LogP contribution in [0.3, 0.4) is 0 Å². The normalized spacial score (nSPS) is 17.8. The average molecular weight is 461 g/mol. The Morgan fingerprint density at radius 1 is 1.06 bits per heavy atom. The maximum Gasteiger partial charge on any atom is 0.260 e. The number of hydrogen-bond acceptors (Lipinski definition) is 6. The van der Waals surface area contributed by atoms with E-state index in [2.05, 4.69) is 29.7 Å². The van der Waals surface area contributed by atoms with Crippen LogP contribution in [-0.4, -0.2) is 18.2 Å². The van der Waals surface area contributed by atoms with E-state index in [0.717, 1.165) is 34.7 Å². The van der Waals surface area contributed by atoms with Crippen molar-refractivity contribution < 1.29 is 19.0 Å². The lowest BCUT2D eigenvalue weighted by Gasteiger charge is -2.13. The van der Waals surface area contributed by atoms with Crippen LogP contribution in [0.5, 0.6) is 17.2 Å². The van der Waals surface area contributed by atoms with E-state index in [4.69, 9.17) is 14.2 Å². The second-order valence-corrected chi connectivity index (χ2v) is 8.84. The van der Waals surface area contributed by atoms with E-state index < -0.39 is 0 Å². The topological polar surface area (TPSA) is 68.8 Å². The van der Waals surface area contributed by atoms with Crippen molar-refractivity contribution in [3.05, 3.63) is 88.3 Å². The van der Waals surface area contributed by atoms with E-state index in [1.165, 1.54) is 17.3 Å². The fraction of sp³-hybridized carbons (Fsp3) is 0.192. The molecular formula is C26H24N2O4S. The third-order valence-corrected chi connectivity index (χ3v) is 6.46. The zero-order valence-corrected chi connectivity index (χ0v) is 19.0. The summed E-state index contributed by atoms with van der Waals surface area (Å²) in [7, 11) is 0. The van der Waals surface area contributed by atoms with E-state index in [-0.39, 0.29) is 18.2 Å². The Bertz CT molecular complexity index is 1190. The zero-order valence-electron chi connectivity index (χ0n) is 18.2. The Kier molecular flexibility index (Phi) is 6.13. The highest BCUT2D eigenvalue weighted by atomic mass is 32.2. The number of rotatable bonds is 7.